The molecule has 14 heteroatoms. The Morgan fingerprint density at radius 3 is 1.85 bits per heavy atom. The van der Waals surface area contributed by atoms with Gasteiger partial charge in [0.05, 0.1) is 44.9 Å². The number of amides is 4. The summed E-state index contributed by atoms with van der Waals surface area (Å²) in [6, 6.07) is 14.7. The Bertz CT molecular complexity index is 1940. The van der Waals surface area contributed by atoms with Gasteiger partial charge in [-0.25, -0.2) is 9.80 Å². The van der Waals surface area contributed by atoms with Gasteiger partial charge in [0, 0.05) is 35.2 Å². The first-order valence-corrected chi connectivity index (χ1v) is 14.8. The van der Waals surface area contributed by atoms with Gasteiger partial charge < -0.3 is 5.11 Å². The van der Waals surface area contributed by atoms with Crippen molar-refractivity contribution in [2.45, 2.75) is 18.8 Å². The lowest BCUT2D eigenvalue weighted by atomic mass is 9.57. The first kappa shape index (κ1) is 29.3. The first-order chi connectivity index (χ1) is 22.0. The van der Waals surface area contributed by atoms with Crippen molar-refractivity contribution in [1.29, 1.82) is 0 Å². The fourth-order valence-corrected chi connectivity index (χ4v) is 8.00. The predicted octanol–water partition coefficient (Wildman–Crippen LogP) is 4.91. The molecule has 4 aliphatic rings. The summed E-state index contributed by atoms with van der Waals surface area (Å²) in [5.41, 5.74) is 0.605. The quantitative estimate of drug-likeness (QED) is 0.175. The van der Waals surface area contributed by atoms with Crippen LogP contribution in [0.5, 0.6) is 5.75 Å². The zero-order chi connectivity index (χ0) is 32.6. The fourth-order valence-electron chi connectivity index (χ4n) is 7.71. The van der Waals surface area contributed by atoms with Gasteiger partial charge in [-0.1, -0.05) is 41.4 Å². The van der Waals surface area contributed by atoms with Crippen molar-refractivity contribution in [2.24, 2.45) is 29.6 Å². The minimum atomic E-state index is -0.979. The van der Waals surface area contributed by atoms with E-state index in [1.54, 1.807) is 6.07 Å². The molecule has 3 fully saturated rings. The molecule has 2 aliphatic heterocycles. The van der Waals surface area contributed by atoms with Crippen LogP contribution in [0.3, 0.4) is 0 Å². The summed E-state index contributed by atoms with van der Waals surface area (Å²) in [4.78, 5) is 79.6. The van der Waals surface area contributed by atoms with Crippen molar-refractivity contribution in [3.63, 3.8) is 0 Å². The van der Waals surface area contributed by atoms with E-state index >= 15 is 0 Å². The number of non-ortho nitro benzene ring substituents is 2. The van der Waals surface area contributed by atoms with Crippen molar-refractivity contribution in [2.75, 3.05) is 9.80 Å². The van der Waals surface area contributed by atoms with Crippen LogP contribution in [0.2, 0.25) is 5.02 Å². The van der Waals surface area contributed by atoms with E-state index in [0.29, 0.717) is 11.1 Å². The van der Waals surface area contributed by atoms with Crippen molar-refractivity contribution in [3.8, 4) is 5.75 Å². The largest absolute Gasteiger partial charge is 0.508 e. The number of hydrogen-bond acceptors (Lipinski definition) is 9. The van der Waals surface area contributed by atoms with Gasteiger partial charge in [0.1, 0.15) is 5.75 Å². The number of rotatable bonds is 5. The molecule has 3 aromatic carbocycles. The van der Waals surface area contributed by atoms with E-state index in [1.165, 1.54) is 48.5 Å². The number of carbonyl (C=O) groups is 4. The molecule has 0 radical (unpaired) electrons. The number of nitro groups is 2. The summed E-state index contributed by atoms with van der Waals surface area (Å²) in [5.74, 6) is -7.51. The molecule has 7 rings (SSSR count). The zero-order valence-electron chi connectivity index (χ0n) is 23.7. The first-order valence-electron chi connectivity index (χ1n) is 14.4. The van der Waals surface area contributed by atoms with Crippen molar-refractivity contribution in [3.05, 3.63) is 109 Å². The highest BCUT2D eigenvalue weighted by Gasteiger charge is 2.62. The topological polar surface area (TPSA) is 181 Å². The molecule has 3 aromatic rings. The van der Waals surface area contributed by atoms with E-state index in [1.807, 2.05) is 6.08 Å². The maximum Gasteiger partial charge on any atom is 0.271 e. The highest BCUT2D eigenvalue weighted by atomic mass is 35.5. The standard InChI is InChI=1S/C32H23ClN4O9/c33-25-13-19(38)7-8-21(25)26-20-9-10-22-27(31(41)34(29(22)39)15-3-1-5-17(11-15)36(43)44)23(20)14-24-28(26)32(42)35(30(24)40)16-4-2-6-18(12-16)37(45)46/h1-9,11-13,22-24,26-28,38H,10,14H2/t22-,23+,24+,26+,27-,28+/m0/s1. The van der Waals surface area contributed by atoms with Gasteiger partial charge in [0.15, 0.2) is 0 Å². The Morgan fingerprint density at radius 1 is 0.717 bits per heavy atom. The molecule has 2 saturated heterocycles. The van der Waals surface area contributed by atoms with Gasteiger partial charge >= 0.3 is 0 Å². The number of phenolic OH excluding ortho intramolecular Hbond substituents is 1. The molecule has 2 heterocycles. The van der Waals surface area contributed by atoms with Crippen LogP contribution in [-0.2, 0) is 19.2 Å². The van der Waals surface area contributed by atoms with Crippen LogP contribution in [0.1, 0.15) is 24.3 Å². The second-order valence-corrected chi connectivity index (χ2v) is 12.2. The third kappa shape index (κ3) is 4.30. The Morgan fingerprint density at radius 2 is 1.28 bits per heavy atom. The number of aromatic hydroxyl groups is 1. The van der Waals surface area contributed by atoms with Crippen LogP contribution in [0.4, 0.5) is 22.7 Å². The monoisotopic (exact) mass is 642 g/mol. The Labute approximate surface area is 265 Å². The molecule has 1 saturated carbocycles. The SMILES string of the molecule is O=C1[C@H]2[C@H](CC=C3[C@H]2C[C@H]2C(=O)N(c4cccc([N+](=O)[O-])c4)C(=O)[C@H]2[C@H]3c2ccc(O)cc2Cl)C(=O)N1c1cccc([N+](=O)[O-])c1. The normalized spacial score (nSPS) is 26.8. The summed E-state index contributed by atoms with van der Waals surface area (Å²) in [6.45, 7) is 0. The van der Waals surface area contributed by atoms with Crippen LogP contribution in [-0.4, -0.2) is 38.6 Å². The van der Waals surface area contributed by atoms with Crippen molar-refractivity contribution in [1.82, 2.24) is 0 Å². The summed E-state index contributed by atoms with van der Waals surface area (Å²) >= 11 is 6.63. The maximum atomic E-state index is 14.2. The van der Waals surface area contributed by atoms with E-state index in [4.69, 9.17) is 11.6 Å². The maximum absolute atomic E-state index is 14.2. The van der Waals surface area contributed by atoms with Crippen molar-refractivity contribution < 1.29 is 34.1 Å². The highest BCUT2D eigenvalue weighted by molar-refractivity contribution is 6.32. The summed E-state index contributed by atoms with van der Waals surface area (Å²) < 4.78 is 0. The minimum Gasteiger partial charge on any atom is -0.508 e. The number of carbonyl (C=O) groups excluding carboxylic acids is 4. The van der Waals surface area contributed by atoms with Gasteiger partial charge in [-0.2, -0.15) is 0 Å². The van der Waals surface area contributed by atoms with E-state index in [0.717, 1.165) is 21.9 Å². The molecule has 13 nitrogen and oxygen atoms in total. The molecule has 0 spiro atoms. The smallest absolute Gasteiger partial charge is 0.271 e. The average Bonchev–Trinajstić information content (AvgIpc) is 3.44. The number of halogens is 1. The summed E-state index contributed by atoms with van der Waals surface area (Å²) in [7, 11) is 0. The molecule has 2 aliphatic carbocycles. The Kier molecular flexibility index (Phi) is 6.74. The third-order valence-electron chi connectivity index (χ3n) is 9.57. The van der Waals surface area contributed by atoms with Gasteiger partial charge in [0.25, 0.3) is 11.4 Å². The number of phenols is 1. The van der Waals surface area contributed by atoms with E-state index in [-0.39, 0.29) is 46.4 Å². The van der Waals surface area contributed by atoms with Crippen molar-refractivity contribution >= 4 is 58.0 Å². The number of anilines is 2. The van der Waals surface area contributed by atoms with Crippen LogP contribution >= 0.6 is 11.6 Å². The Balaban J connectivity index is 1.33. The number of allylic oxidation sites excluding steroid dienone is 2. The summed E-state index contributed by atoms with van der Waals surface area (Å²) in [5, 5.41) is 33.1. The number of fused-ring (bicyclic) bond motifs is 4. The molecular formula is C32H23ClN4O9. The van der Waals surface area contributed by atoms with Crippen LogP contribution in [0.25, 0.3) is 0 Å². The Hall–Kier alpha value is -5.43. The molecule has 46 heavy (non-hydrogen) atoms. The predicted molar refractivity (Wildman–Crippen MR) is 162 cm³/mol. The van der Waals surface area contributed by atoms with E-state index < -0.39 is 69.0 Å². The molecule has 1 N–H and O–H groups in total. The van der Waals surface area contributed by atoms with E-state index in [9.17, 15) is 44.5 Å². The van der Waals surface area contributed by atoms with Gasteiger partial charge in [-0.3, -0.25) is 39.4 Å². The lowest BCUT2D eigenvalue weighted by Crippen LogP contribution is -2.43. The number of nitro benzene ring substituents is 2. The lowest BCUT2D eigenvalue weighted by molar-refractivity contribution is -0.385. The number of imide groups is 2. The molecule has 0 aromatic heterocycles. The van der Waals surface area contributed by atoms with Gasteiger partial charge in [-0.05, 0) is 48.6 Å². The van der Waals surface area contributed by atoms with Crippen LogP contribution in [0, 0.1) is 49.8 Å². The van der Waals surface area contributed by atoms with Crippen LogP contribution < -0.4 is 9.80 Å². The van der Waals surface area contributed by atoms with Crippen LogP contribution in [0.15, 0.2) is 78.4 Å². The number of nitrogens with zero attached hydrogens (tertiary/aromatic N) is 4. The molecule has 0 unspecified atom stereocenters. The second kappa shape index (κ2) is 10.6. The molecule has 232 valence electrons. The molecular weight excluding hydrogens is 620 g/mol. The number of hydrogen-bond donors (Lipinski definition) is 1. The van der Waals surface area contributed by atoms with Gasteiger partial charge in [0.2, 0.25) is 23.6 Å². The molecule has 6 atom stereocenters. The molecule has 0 bridgehead atoms. The zero-order valence-corrected chi connectivity index (χ0v) is 24.4. The average molecular weight is 643 g/mol. The van der Waals surface area contributed by atoms with Gasteiger partial charge in [-0.15, -0.1) is 0 Å². The number of benzene rings is 3. The fraction of sp³-hybridized carbons (Fsp3) is 0.250. The lowest BCUT2D eigenvalue weighted by Gasteiger charge is -2.44. The minimum absolute atomic E-state index is 0.0351. The van der Waals surface area contributed by atoms with E-state index in [2.05, 4.69) is 0 Å². The third-order valence-corrected chi connectivity index (χ3v) is 9.89. The molecule has 4 amide bonds. The summed E-state index contributed by atoms with van der Waals surface area (Å²) in [6.07, 6.45) is 2.00. The highest BCUT2D eigenvalue weighted by Crippen LogP contribution is 2.59. The second-order valence-electron chi connectivity index (χ2n) is 11.8.